The zero-order valence-electron chi connectivity index (χ0n) is 10.9. The number of thiazole rings is 1. The number of carbonyl (C=O) groups excluding carboxylic acids is 1. The van der Waals surface area contributed by atoms with Gasteiger partial charge in [-0.15, -0.1) is 11.3 Å². The molecule has 0 fully saturated rings. The fraction of sp³-hybridized carbons (Fsp3) is 0.214. The SMILES string of the molecule is CN(CCc1ccccc1C(=O)O)C(=O)c1cscn1. The monoisotopic (exact) mass is 290 g/mol. The largest absolute Gasteiger partial charge is 0.478 e. The van der Waals surface area contributed by atoms with Gasteiger partial charge >= 0.3 is 5.97 Å². The molecule has 0 aliphatic heterocycles. The number of hydrogen-bond donors (Lipinski definition) is 1. The van der Waals surface area contributed by atoms with E-state index in [0.29, 0.717) is 18.7 Å². The minimum Gasteiger partial charge on any atom is -0.478 e. The molecule has 0 radical (unpaired) electrons. The van der Waals surface area contributed by atoms with Crippen molar-refractivity contribution < 1.29 is 14.7 Å². The quantitative estimate of drug-likeness (QED) is 0.916. The van der Waals surface area contributed by atoms with Crippen LogP contribution in [-0.2, 0) is 6.42 Å². The van der Waals surface area contributed by atoms with Crippen LogP contribution in [0.4, 0.5) is 0 Å². The first kappa shape index (κ1) is 14.2. The second-order valence-corrected chi connectivity index (χ2v) is 5.03. The van der Waals surface area contributed by atoms with E-state index in [9.17, 15) is 9.59 Å². The Bertz CT molecular complexity index is 611. The van der Waals surface area contributed by atoms with Crippen molar-refractivity contribution in [3.8, 4) is 0 Å². The summed E-state index contributed by atoms with van der Waals surface area (Å²) in [6, 6.07) is 6.83. The lowest BCUT2D eigenvalue weighted by Crippen LogP contribution is -2.29. The summed E-state index contributed by atoms with van der Waals surface area (Å²) in [7, 11) is 1.69. The minimum absolute atomic E-state index is 0.154. The van der Waals surface area contributed by atoms with Gasteiger partial charge in [0, 0.05) is 19.0 Å². The highest BCUT2D eigenvalue weighted by Gasteiger charge is 2.15. The maximum Gasteiger partial charge on any atom is 0.335 e. The summed E-state index contributed by atoms with van der Waals surface area (Å²) < 4.78 is 0. The van der Waals surface area contributed by atoms with Gasteiger partial charge in [0.15, 0.2) is 0 Å². The molecule has 0 saturated carbocycles. The number of carboxylic acid groups (broad SMARTS) is 1. The molecule has 2 aromatic rings. The van der Waals surface area contributed by atoms with E-state index in [-0.39, 0.29) is 11.5 Å². The molecule has 1 N–H and O–H groups in total. The van der Waals surface area contributed by atoms with Gasteiger partial charge in [-0.1, -0.05) is 18.2 Å². The third-order valence-corrected chi connectivity index (χ3v) is 3.55. The fourth-order valence-electron chi connectivity index (χ4n) is 1.85. The van der Waals surface area contributed by atoms with E-state index in [4.69, 9.17) is 5.11 Å². The molecule has 6 heteroatoms. The third kappa shape index (κ3) is 3.21. The van der Waals surface area contributed by atoms with Crippen LogP contribution in [0.3, 0.4) is 0 Å². The topological polar surface area (TPSA) is 70.5 Å². The summed E-state index contributed by atoms with van der Waals surface area (Å²) in [5.74, 6) is -1.10. The van der Waals surface area contributed by atoms with E-state index in [1.807, 2.05) is 0 Å². The predicted octanol–water partition coefficient (Wildman–Crippen LogP) is 2.16. The Labute approximate surface area is 120 Å². The van der Waals surface area contributed by atoms with Crippen LogP contribution in [0, 0.1) is 0 Å². The molecule has 0 atom stereocenters. The second kappa shape index (κ2) is 6.29. The van der Waals surface area contributed by atoms with E-state index in [2.05, 4.69) is 4.98 Å². The standard InChI is InChI=1S/C14H14N2O3S/c1-16(13(17)12-8-20-9-15-12)7-6-10-4-2-3-5-11(10)14(18)19/h2-5,8-9H,6-7H2,1H3,(H,18,19). The maximum absolute atomic E-state index is 12.0. The van der Waals surface area contributed by atoms with Crippen LogP contribution in [0.1, 0.15) is 26.4 Å². The number of carboxylic acids is 1. The van der Waals surface area contributed by atoms with Crippen molar-refractivity contribution in [3.05, 3.63) is 52.0 Å². The van der Waals surface area contributed by atoms with E-state index >= 15 is 0 Å². The molecule has 0 unspecified atom stereocenters. The molecule has 0 saturated heterocycles. The third-order valence-electron chi connectivity index (χ3n) is 2.96. The first-order valence-electron chi connectivity index (χ1n) is 6.04. The van der Waals surface area contributed by atoms with Crippen molar-refractivity contribution in [2.75, 3.05) is 13.6 Å². The van der Waals surface area contributed by atoms with Crippen molar-refractivity contribution in [3.63, 3.8) is 0 Å². The normalized spacial score (nSPS) is 10.2. The highest BCUT2D eigenvalue weighted by molar-refractivity contribution is 7.07. The summed E-state index contributed by atoms with van der Waals surface area (Å²) in [6.07, 6.45) is 0.495. The summed E-state index contributed by atoms with van der Waals surface area (Å²) in [5.41, 5.74) is 3.03. The fourth-order valence-corrected chi connectivity index (χ4v) is 2.38. The number of aromatic carboxylic acids is 1. The molecule has 5 nitrogen and oxygen atoms in total. The smallest absolute Gasteiger partial charge is 0.335 e. The van der Waals surface area contributed by atoms with Crippen LogP contribution < -0.4 is 0 Å². The van der Waals surface area contributed by atoms with Crippen molar-refractivity contribution >= 4 is 23.2 Å². The highest BCUT2D eigenvalue weighted by Crippen LogP contribution is 2.11. The number of benzene rings is 1. The zero-order chi connectivity index (χ0) is 14.5. The van der Waals surface area contributed by atoms with Crippen LogP contribution >= 0.6 is 11.3 Å². The lowest BCUT2D eigenvalue weighted by molar-refractivity contribution is 0.0695. The van der Waals surface area contributed by atoms with Crippen LogP contribution in [0.15, 0.2) is 35.2 Å². The molecule has 0 aliphatic carbocycles. The summed E-state index contributed by atoms with van der Waals surface area (Å²) in [4.78, 5) is 28.6. The van der Waals surface area contributed by atoms with E-state index in [1.165, 1.54) is 11.3 Å². The molecule has 104 valence electrons. The molecule has 20 heavy (non-hydrogen) atoms. The molecule has 1 aromatic carbocycles. The number of likely N-dealkylation sites (N-methyl/N-ethyl adjacent to an activating group) is 1. The van der Waals surface area contributed by atoms with Crippen LogP contribution in [0.5, 0.6) is 0 Å². The number of amides is 1. The number of aromatic nitrogens is 1. The number of hydrogen-bond acceptors (Lipinski definition) is 4. The summed E-state index contributed by atoms with van der Waals surface area (Å²) >= 11 is 1.37. The van der Waals surface area contributed by atoms with Gasteiger partial charge in [0.25, 0.3) is 5.91 Å². The number of rotatable bonds is 5. The van der Waals surface area contributed by atoms with E-state index < -0.39 is 5.97 Å². The molecule has 2 rings (SSSR count). The van der Waals surface area contributed by atoms with Gasteiger partial charge in [0.1, 0.15) is 5.69 Å². The van der Waals surface area contributed by atoms with Gasteiger partial charge < -0.3 is 10.0 Å². The maximum atomic E-state index is 12.0. The number of nitrogens with zero attached hydrogens (tertiary/aromatic N) is 2. The Kier molecular flexibility index (Phi) is 4.47. The summed E-state index contributed by atoms with van der Waals surface area (Å²) in [6.45, 7) is 0.445. The van der Waals surface area contributed by atoms with E-state index in [1.54, 1.807) is 47.1 Å². The lowest BCUT2D eigenvalue weighted by atomic mass is 10.0. The van der Waals surface area contributed by atoms with Gasteiger partial charge in [-0.2, -0.15) is 0 Å². The molecular formula is C14H14N2O3S. The first-order chi connectivity index (χ1) is 9.59. The molecular weight excluding hydrogens is 276 g/mol. The second-order valence-electron chi connectivity index (χ2n) is 4.31. The first-order valence-corrected chi connectivity index (χ1v) is 6.98. The van der Waals surface area contributed by atoms with Crippen molar-refractivity contribution in [2.45, 2.75) is 6.42 Å². The van der Waals surface area contributed by atoms with Crippen molar-refractivity contribution in [2.24, 2.45) is 0 Å². The average Bonchev–Trinajstić information content (AvgIpc) is 2.98. The lowest BCUT2D eigenvalue weighted by Gasteiger charge is -2.16. The molecule has 1 aromatic heterocycles. The van der Waals surface area contributed by atoms with Gasteiger partial charge in [0.2, 0.25) is 0 Å². The molecule has 1 amide bonds. The molecule has 0 spiro atoms. The van der Waals surface area contributed by atoms with Gasteiger partial charge in [-0.05, 0) is 18.1 Å². The molecule has 0 aliphatic rings. The molecule has 1 heterocycles. The van der Waals surface area contributed by atoms with Crippen LogP contribution in [0.25, 0.3) is 0 Å². The number of carbonyl (C=O) groups is 2. The zero-order valence-corrected chi connectivity index (χ0v) is 11.8. The Morgan fingerprint density at radius 3 is 2.75 bits per heavy atom. The van der Waals surface area contributed by atoms with Crippen LogP contribution in [-0.4, -0.2) is 40.5 Å². The predicted molar refractivity (Wildman–Crippen MR) is 76.2 cm³/mol. The van der Waals surface area contributed by atoms with Gasteiger partial charge in [-0.25, -0.2) is 9.78 Å². The average molecular weight is 290 g/mol. The van der Waals surface area contributed by atoms with Crippen molar-refractivity contribution in [1.82, 2.24) is 9.88 Å². The Morgan fingerprint density at radius 2 is 2.10 bits per heavy atom. The minimum atomic E-state index is -0.950. The summed E-state index contributed by atoms with van der Waals surface area (Å²) in [5, 5.41) is 10.8. The van der Waals surface area contributed by atoms with Crippen molar-refractivity contribution in [1.29, 1.82) is 0 Å². The Morgan fingerprint density at radius 1 is 1.35 bits per heavy atom. The van der Waals surface area contributed by atoms with Crippen LogP contribution in [0.2, 0.25) is 0 Å². The molecule has 0 bridgehead atoms. The van der Waals surface area contributed by atoms with Gasteiger partial charge in [0.05, 0.1) is 11.1 Å². The van der Waals surface area contributed by atoms with Gasteiger partial charge in [-0.3, -0.25) is 4.79 Å². The van der Waals surface area contributed by atoms with E-state index in [0.717, 1.165) is 5.56 Å². The Balaban J connectivity index is 2.02. The highest BCUT2D eigenvalue weighted by atomic mass is 32.1. The Hall–Kier alpha value is -2.21.